The van der Waals surface area contributed by atoms with E-state index in [9.17, 15) is 24.1 Å². The zero-order valence-electron chi connectivity index (χ0n) is 20.2. The van der Waals surface area contributed by atoms with E-state index in [0.717, 1.165) is 28.5 Å². The van der Waals surface area contributed by atoms with Crippen molar-refractivity contribution in [3.63, 3.8) is 0 Å². The monoisotopic (exact) mass is 520 g/mol. The molecule has 35 heavy (non-hydrogen) atoms. The molecule has 0 saturated heterocycles. The Morgan fingerprint density at radius 3 is 2.20 bits per heavy atom. The Morgan fingerprint density at radius 1 is 1.06 bits per heavy atom. The summed E-state index contributed by atoms with van der Waals surface area (Å²) < 4.78 is 19.2. The third-order valence-corrected chi connectivity index (χ3v) is 9.02. The maximum atomic E-state index is 13.6. The number of thioether (sulfide) groups is 1. The van der Waals surface area contributed by atoms with Crippen LogP contribution in [0, 0.1) is 5.92 Å². The number of carbonyl (C=O) groups is 3. The van der Waals surface area contributed by atoms with Gasteiger partial charge in [-0.05, 0) is 37.0 Å². The zero-order chi connectivity index (χ0) is 26.0. The molecule has 10 heteroatoms. The van der Waals surface area contributed by atoms with E-state index in [0.29, 0.717) is 5.75 Å². The summed E-state index contributed by atoms with van der Waals surface area (Å²) in [5.74, 6) is -3.04. The molecule has 2 unspecified atom stereocenters. The summed E-state index contributed by atoms with van der Waals surface area (Å²) in [7, 11) is -3.48. The van der Waals surface area contributed by atoms with Gasteiger partial charge in [-0.25, -0.2) is 0 Å². The van der Waals surface area contributed by atoms with Crippen LogP contribution in [-0.2, 0) is 29.9 Å². The Bertz CT molecular complexity index is 1050. The number of carboxylic acids is 1. The summed E-state index contributed by atoms with van der Waals surface area (Å²) in [5, 5.41) is 11.6. The summed E-state index contributed by atoms with van der Waals surface area (Å²) in [5.41, 5.74) is 8.90. The number of benzene rings is 2. The van der Waals surface area contributed by atoms with Crippen LogP contribution in [0.5, 0.6) is 0 Å². The lowest BCUT2D eigenvalue weighted by molar-refractivity contribution is -0.141. The van der Waals surface area contributed by atoms with Gasteiger partial charge >= 0.3 is 5.97 Å². The fourth-order valence-corrected chi connectivity index (χ4v) is 5.96. The smallest absolute Gasteiger partial charge is 0.325 e. The number of hydrogen-bond acceptors (Lipinski definition) is 7. The predicted molar refractivity (Wildman–Crippen MR) is 140 cm³/mol. The third kappa shape index (κ3) is 9.26. The molecule has 0 bridgehead atoms. The summed E-state index contributed by atoms with van der Waals surface area (Å²) in [4.78, 5) is 35.5. The third-order valence-electron chi connectivity index (χ3n) is 5.44. The molecular weight excluding hydrogens is 487 g/mol. The molecule has 190 valence electrons. The van der Waals surface area contributed by atoms with Crippen molar-refractivity contribution in [2.75, 3.05) is 18.5 Å². The highest BCUT2D eigenvalue weighted by Gasteiger charge is 2.35. The first kappa shape index (κ1) is 28.8. The lowest BCUT2D eigenvalue weighted by Crippen LogP contribution is -2.43. The first-order chi connectivity index (χ1) is 16.5. The van der Waals surface area contributed by atoms with Crippen molar-refractivity contribution in [2.45, 2.75) is 39.0 Å². The van der Waals surface area contributed by atoms with Crippen LogP contribution in [0.15, 0.2) is 54.6 Å². The Balaban J connectivity index is 2.23. The van der Waals surface area contributed by atoms with Crippen LogP contribution in [0.3, 0.4) is 0 Å². The number of carboxylic acid groups (broad SMARTS) is 1. The fraction of sp³-hybridized carbons (Fsp3) is 0.400. The van der Waals surface area contributed by atoms with Crippen LogP contribution < -0.4 is 11.1 Å². The number of rotatable bonds is 13. The van der Waals surface area contributed by atoms with E-state index in [1.165, 1.54) is 13.8 Å². The summed E-state index contributed by atoms with van der Waals surface area (Å²) in [6.45, 7) is 4.41. The highest BCUT2D eigenvalue weighted by atomic mass is 32.2. The van der Waals surface area contributed by atoms with Crippen LogP contribution in [0.25, 0.3) is 11.1 Å². The van der Waals surface area contributed by atoms with Gasteiger partial charge in [-0.15, -0.1) is 0 Å². The molecule has 8 nitrogen and oxygen atoms in total. The van der Waals surface area contributed by atoms with Gasteiger partial charge in [0.05, 0.1) is 18.3 Å². The molecule has 1 amide bonds. The van der Waals surface area contributed by atoms with Crippen molar-refractivity contribution in [3.05, 3.63) is 60.2 Å². The molecule has 0 aliphatic carbocycles. The van der Waals surface area contributed by atoms with Crippen molar-refractivity contribution >= 4 is 36.1 Å². The molecule has 0 spiro atoms. The summed E-state index contributed by atoms with van der Waals surface area (Å²) >= 11 is 1.05. The maximum absolute atomic E-state index is 13.6. The van der Waals surface area contributed by atoms with Gasteiger partial charge in [-0.1, -0.05) is 66.4 Å². The second-order valence-corrected chi connectivity index (χ2v) is 12.5. The summed E-state index contributed by atoms with van der Waals surface area (Å²) in [6, 6.07) is 16.4. The van der Waals surface area contributed by atoms with Crippen LogP contribution in [-0.4, -0.2) is 52.4 Å². The Kier molecular flexibility index (Phi) is 11.2. The number of amides is 1. The molecule has 0 fully saturated rings. The van der Waals surface area contributed by atoms with Crippen LogP contribution in [0.4, 0.5) is 0 Å². The predicted octanol–water partition coefficient (Wildman–Crippen LogP) is 3.98. The van der Waals surface area contributed by atoms with Crippen molar-refractivity contribution in [1.29, 1.82) is 0 Å². The number of aliphatic carboxylic acids is 1. The molecular formula is C25H33N2O6PS. The Hall–Kier alpha value is -2.45. The lowest BCUT2D eigenvalue weighted by atomic mass is 9.97. The van der Waals surface area contributed by atoms with Crippen molar-refractivity contribution in [3.8, 4) is 11.1 Å². The molecule has 0 saturated carbocycles. The van der Waals surface area contributed by atoms with Gasteiger partial charge in [0.15, 0.2) is 5.12 Å². The van der Waals surface area contributed by atoms with E-state index >= 15 is 0 Å². The minimum absolute atomic E-state index is 0.0503. The van der Waals surface area contributed by atoms with Gasteiger partial charge in [0.25, 0.3) is 0 Å². The van der Waals surface area contributed by atoms with Crippen LogP contribution in [0.2, 0.25) is 0 Å². The zero-order valence-corrected chi connectivity index (χ0v) is 21.9. The van der Waals surface area contributed by atoms with E-state index in [-0.39, 0.29) is 24.3 Å². The first-order valence-electron chi connectivity index (χ1n) is 11.3. The Labute approximate surface area is 210 Å². The van der Waals surface area contributed by atoms with Gasteiger partial charge in [0.2, 0.25) is 13.3 Å². The largest absolute Gasteiger partial charge is 0.480 e. The number of hydrogen-bond donors (Lipinski definition) is 3. The summed E-state index contributed by atoms with van der Waals surface area (Å²) in [6.07, 6.45) is 0.0868. The quantitative estimate of drug-likeness (QED) is 0.267. The van der Waals surface area contributed by atoms with Gasteiger partial charge in [0, 0.05) is 18.8 Å². The molecule has 2 aromatic carbocycles. The van der Waals surface area contributed by atoms with Gasteiger partial charge in [0.1, 0.15) is 6.04 Å². The molecule has 0 aliphatic rings. The number of carbonyl (C=O) groups excluding carboxylic acids is 2. The van der Waals surface area contributed by atoms with E-state index in [4.69, 9.17) is 10.3 Å². The minimum Gasteiger partial charge on any atom is -0.480 e. The highest BCUT2D eigenvalue weighted by molar-refractivity contribution is 8.13. The van der Waals surface area contributed by atoms with E-state index in [2.05, 4.69) is 5.32 Å². The molecule has 4 atom stereocenters. The molecule has 4 N–H and O–H groups in total. The SMILES string of the molecule is CC(=O)SCCOP(=O)(C[C@@H](Cc1ccc(-c2ccccc2)cc1)C(=O)N[C@H](C)C(=O)O)C(C)N. The molecule has 0 aromatic heterocycles. The number of nitrogens with one attached hydrogen (secondary N) is 1. The maximum Gasteiger partial charge on any atom is 0.325 e. The fourth-order valence-electron chi connectivity index (χ4n) is 3.40. The molecule has 2 rings (SSSR count). The van der Waals surface area contributed by atoms with Gasteiger partial charge in [-0.3, -0.25) is 18.9 Å². The van der Waals surface area contributed by atoms with E-state index in [1.807, 2.05) is 54.6 Å². The molecule has 0 heterocycles. The van der Waals surface area contributed by atoms with Crippen molar-refractivity contribution in [1.82, 2.24) is 5.32 Å². The first-order valence-corrected chi connectivity index (χ1v) is 14.2. The van der Waals surface area contributed by atoms with Gasteiger partial charge in [-0.2, -0.15) is 0 Å². The topological polar surface area (TPSA) is 136 Å². The second kappa shape index (κ2) is 13.6. The molecule has 0 radical (unpaired) electrons. The van der Waals surface area contributed by atoms with E-state index < -0.39 is 37.0 Å². The van der Waals surface area contributed by atoms with Crippen molar-refractivity contribution < 1.29 is 28.6 Å². The second-order valence-electron chi connectivity index (χ2n) is 8.36. The van der Waals surface area contributed by atoms with Crippen molar-refractivity contribution in [2.24, 2.45) is 11.7 Å². The minimum atomic E-state index is -3.48. The Morgan fingerprint density at radius 2 is 1.66 bits per heavy atom. The van der Waals surface area contributed by atoms with Crippen LogP contribution >= 0.6 is 19.1 Å². The normalized spacial score (nSPS) is 15.4. The highest BCUT2D eigenvalue weighted by Crippen LogP contribution is 2.51. The van der Waals surface area contributed by atoms with Gasteiger partial charge < -0.3 is 20.7 Å². The average Bonchev–Trinajstić information content (AvgIpc) is 2.82. The average molecular weight is 521 g/mol. The lowest BCUT2D eigenvalue weighted by Gasteiger charge is -2.27. The molecule has 2 aromatic rings. The standard InChI is InChI=1S/C25H33N2O6PS/c1-17(25(30)31)27-24(29)23(16-34(32,18(2)26)33-13-14-35-19(3)28)15-20-9-11-22(12-10-20)21-7-5-4-6-8-21/h4-12,17-18,23H,13-16,26H2,1-3H3,(H,27,29)(H,30,31)/t17-,18?,23-,34?/m1/s1. The number of nitrogens with two attached hydrogens (primary N) is 1. The van der Waals surface area contributed by atoms with Crippen LogP contribution in [0.1, 0.15) is 26.3 Å². The van der Waals surface area contributed by atoms with E-state index in [1.54, 1.807) is 6.92 Å². The molecule has 0 aliphatic heterocycles.